The third-order valence-electron chi connectivity index (χ3n) is 3.32. The van der Waals surface area contributed by atoms with Gasteiger partial charge >= 0.3 is 0 Å². The van der Waals surface area contributed by atoms with E-state index < -0.39 is 0 Å². The van der Waals surface area contributed by atoms with Crippen LogP contribution in [-0.2, 0) is 13.0 Å². The third kappa shape index (κ3) is 2.29. The standard InChI is InChI=1S/C15H14N2O2/c18-17-14-5-4-13-12(14)2-1-3-15(13)19-10-11-6-8-16-9-7-11/h1-3,6-9,18H,4-5,10H2. The van der Waals surface area contributed by atoms with Crippen molar-refractivity contribution in [3.05, 3.63) is 59.4 Å². The van der Waals surface area contributed by atoms with Crippen molar-refractivity contribution in [3.63, 3.8) is 0 Å². The predicted molar refractivity (Wildman–Crippen MR) is 71.7 cm³/mol. The fourth-order valence-electron chi connectivity index (χ4n) is 2.35. The van der Waals surface area contributed by atoms with E-state index >= 15 is 0 Å². The second kappa shape index (κ2) is 5.10. The summed E-state index contributed by atoms with van der Waals surface area (Å²) in [4.78, 5) is 3.98. The molecular formula is C15H14N2O2. The zero-order valence-electron chi connectivity index (χ0n) is 10.4. The summed E-state index contributed by atoms with van der Waals surface area (Å²) in [5, 5.41) is 12.3. The second-order valence-electron chi connectivity index (χ2n) is 4.47. The molecular weight excluding hydrogens is 240 g/mol. The number of nitrogens with zero attached hydrogens (tertiary/aromatic N) is 2. The fraction of sp³-hybridized carbons (Fsp3) is 0.200. The van der Waals surface area contributed by atoms with E-state index in [4.69, 9.17) is 9.94 Å². The fourth-order valence-corrected chi connectivity index (χ4v) is 2.35. The molecule has 4 nitrogen and oxygen atoms in total. The van der Waals surface area contributed by atoms with Gasteiger partial charge in [0.25, 0.3) is 0 Å². The lowest BCUT2D eigenvalue weighted by Crippen LogP contribution is -1.99. The molecule has 1 aliphatic rings. The first-order valence-corrected chi connectivity index (χ1v) is 6.23. The maximum Gasteiger partial charge on any atom is 0.123 e. The van der Waals surface area contributed by atoms with Crippen LogP contribution in [0.15, 0.2) is 47.9 Å². The molecule has 0 amide bonds. The molecule has 0 spiro atoms. The van der Waals surface area contributed by atoms with Crippen molar-refractivity contribution < 1.29 is 9.94 Å². The first-order valence-electron chi connectivity index (χ1n) is 6.23. The Kier molecular flexibility index (Phi) is 3.14. The van der Waals surface area contributed by atoms with Crippen LogP contribution in [0.1, 0.15) is 23.1 Å². The molecule has 4 heteroatoms. The highest BCUT2D eigenvalue weighted by molar-refractivity contribution is 6.04. The number of pyridine rings is 1. The molecule has 1 heterocycles. The third-order valence-corrected chi connectivity index (χ3v) is 3.32. The maximum absolute atomic E-state index is 8.95. The van der Waals surface area contributed by atoms with Gasteiger partial charge in [-0.25, -0.2) is 0 Å². The molecule has 0 atom stereocenters. The van der Waals surface area contributed by atoms with E-state index in [1.807, 2.05) is 30.3 Å². The van der Waals surface area contributed by atoms with Crippen LogP contribution in [0.5, 0.6) is 5.75 Å². The van der Waals surface area contributed by atoms with Crippen molar-refractivity contribution in [1.82, 2.24) is 4.98 Å². The largest absolute Gasteiger partial charge is 0.489 e. The van der Waals surface area contributed by atoms with E-state index in [1.165, 1.54) is 0 Å². The monoisotopic (exact) mass is 254 g/mol. The molecule has 2 aromatic rings. The van der Waals surface area contributed by atoms with Crippen LogP contribution in [0.25, 0.3) is 0 Å². The lowest BCUT2D eigenvalue weighted by atomic mass is 10.1. The number of benzene rings is 1. The Morgan fingerprint density at radius 1 is 1.16 bits per heavy atom. The van der Waals surface area contributed by atoms with Crippen LogP contribution in [0.3, 0.4) is 0 Å². The van der Waals surface area contributed by atoms with Crippen molar-refractivity contribution in [3.8, 4) is 5.75 Å². The molecule has 1 aliphatic carbocycles. The van der Waals surface area contributed by atoms with Gasteiger partial charge < -0.3 is 9.94 Å². The molecule has 19 heavy (non-hydrogen) atoms. The molecule has 0 unspecified atom stereocenters. The summed E-state index contributed by atoms with van der Waals surface area (Å²) in [5.41, 5.74) is 3.95. The minimum atomic E-state index is 0.518. The van der Waals surface area contributed by atoms with E-state index in [1.54, 1.807) is 12.4 Å². The summed E-state index contributed by atoms with van der Waals surface area (Å²) < 4.78 is 5.86. The summed E-state index contributed by atoms with van der Waals surface area (Å²) in [6.07, 6.45) is 5.14. The van der Waals surface area contributed by atoms with Gasteiger partial charge in [-0.15, -0.1) is 0 Å². The highest BCUT2D eigenvalue weighted by Gasteiger charge is 2.21. The predicted octanol–water partition coefficient (Wildman–Crippen LogP) is 2.79. The summed E-state index contributed by atoms with van der Waals surface area (Å²) >= 11 is 0. The van der Waals surface area contributed by atoms with Gasteiger partial charge in [0, 0.05) is 23.5 Å². The molecule has 0 fully saturated rings. The van der Waals surface area contributed by atoms with Crippen LogP contribution in [0.2, 0.25) is 0 Å². The van der Waals surface area contributed by atoms with Gasteiger partial charge in [-0.05, 0) is 36.6 Å². The van der Waals surface area contributed by atoms with Gasteiger partial charge in [-0.3, -0.25) is 4.98 Å². The molecule has 0 radical (unpaired) electrons. The van der Waals surface area contributed by atoms with Crippen molar-refractivity contribution in [2.45, 2.75) is 19.4 Å². The van der Waals surface area contributed by atoms with Crippen LogP contribution in [0, 0.1) is 0 Å². The Labute approximate surface area is 111 Å². The number of aromatic nitrogens is 1. The molecule has 0 aliphatic heterocycles. The van der Waals surface area contributed by atoms with Gasteiger partial charge in [-0.2, -0.15) is 0 Å². The quantitative estimate of drug-likeness (QED) is 0.677. The van der Waals surface area contributed by atoms with E-state index in [2.05, 4.69) is 10.1 Å². The number of hydrogen-bond donors (Lipinski definition) is 1. The Morgan fingerprint density at radius 2 is 2.00 bits per heavy atom. The van der Waals surface area contributed by atoms with Gasteiger partial charge in [-0.1, -0.05) is 17.3 Å². The molecule has 0 saturated carbocycles. The smallest absolute Gasteiger partial charge is 0.123 e. The van der Waals surface area contributed by atoms with Crippen molar-refractivity contribution in [1.29, 1.82) is 0 Å². The van der Waals surface area contributed by atoms with Crippen molar-refractivity contribution in [2.24, 2.45) is 5.16 Å². The molecule has 0 bridgehead atoms. The molecule has 1 aromatic carbocycles. The highest BCUT2D eigenvalue weighted by Crippen LogP contribution is 2.31. The van der Waals surface area contributed by atoms with Crippen LogP contribution in [-0.4, -0.2) is 15.9 Å². The van der Waals surface area contributed by atoms with Gasteiger partial charge in [0.15, 0.2) is 0 Å². The summed E-state index contributed by atoms with van der Waals surface area (Å²) in [6, 6.07) is 9.72. The molecule has 0 saturated heterocycles. The first kappa shape index (κ1) is 11.7. The Bertz CT molecular complexity index is 609. The lowest BCUT2D eigenvalue weighted by Gasteiger charge is -2.10. The average Bonchev–Trinajstić information content (AvgIpc) is 2.90. The van der Waals surface area contributed by atoms with Crippen LogP contribution < -0.4 is 4.74 Å². The normalized spacial score (nSPS) is 15.5. The van der Waals surface area contributed by atoms with Crippen molar-refractivity contribution in [2.75, 3.05) is 0 Å². The summed E-state index contributed by atoms with van der Waals surface area (Å²) in [7, 11) is 0. The summed E-state index contributed by atoms with van der Waals surface area (Å²) in [6.45, 7) is 0.518. The number of ether oxygens (including phenoxy) is 1. The van der Waals surface area contributed by atoms with E-state index in [0.29, 0.717) is 6.61 Å². The Morgan fingerprint density at radius 3 is 2.79 bits per heavy atom. The number of fused-ring (bicyclic) bond motifs is 1. The molecule has 1 aromatic heterocycles. The molecule has 3 rings (SSSR count). The molecule has 96 valence electrons. The van der Waals surface area contributed by atoms with Gasteiger partial charge in [0.2, 0.25) is 0 Å². The van der Waals surface area contributed by atoms with Crippen LogP contribution in [0.4, 0.5) is 0 Å². The Hall–Kier alpha value is -2.36. The number of oxime groups is 1. The zero-order valence-corrected chi connectivity index (χ0v) is 10.4. The maximum atomic E-state index is 8.95. The second-order valence-corrected chi connectivity index (χ2v) is 4.47. The first-order chi connectivity index (χ1) is 9.38. The highest BCUT2D eigenvalue weighted by atomic mass is 16.5. The van der Waals surface area contributed by atoms with Gasteiger partial charge in [0.1, 0.15) is 12.4 Å². The topological polar surface area (TPSA) is 54.7 Å². The van der Waals surface area contributed by atoms with Crippen molar-refractivity contribution >= 4 is 5.71 Å². The molecule has 1 N–H and O–H groups in total. The van der Waals surface area contributed by atoms with E-state index in [9.17, 15) is 0 Å². The van der Waals surface area contributed by atoms with Crippen LogP contribution >= 0.6 is 0 Å². The van der Waals surface area contributed by atoms with Gasteiger partial charge in [0.05, 0.1) is 5.71 Å². The zero-order chi connectivity index (χ0) is 13.1. The minimum absolute atomic E-state index is 0.518. The summed E-state index contributed by atoms with van der Waals surface area (Å²) in [5.74, 6) is 0.868. The lowest BCUT2D eigenvalue weighted by molar-refractivity contribution is 0.303. The number of rotatable bonds is 3. The average molecular weight is 254 g/mol. The number of hydrogen-bond acceptors (Lipinski definition) is 4. The van der Waals surface area contributed by atoms with E-state index in [-0.39, 0.29) is 0 Å². The van der Waals surface area contributed by atoms with E-state index in [0.717, 1.165) is 41.0 Å². The minimum Gasteiger partial charge on any atom is -0.489 e. The SMILES string of the molecule is ON=C1CCc2c(OCc3ccncc3)cccc21. The Balaban J connectivity index is 1.82.